The summed E-state index contributed by atoms with van der Waals surface area (Å²) < 4.78 is 0. The van der Waals surface area contributed by atoms with E-state index in [2.05, 4.69) is 58.1 Å². The van der Waals surface area contributed by atoms with Gasteiger partial charge in [-0.2, -0.15) is 0 Å². The van der Waals surface area contributed by atoms with E-state index in [0.717, 1.165) is 6.54 Å². The topological polar surface area (TPSA) is 32.3 Å². The van der Waals surface area contributed by atoms with Gasteiger partial charge in [0.25, 0.3) is 0 Å². The Kier molecular flexibility index (Phi) is 5.83. The predicted molar refractivity (Wildman–Crippen MR) is 77.8 cm³/mol. The number of benzene rings is 1. The van der Waals surface area contributed by atoms with Gasteiger partial charge < -0.3 is 10.4 Å². The summed E-state index contributed by atoms with van der Waals surface area (Å²) in [6.45, 7) is 11.9. The first-order valence-corrected chi connectivity index (χ1v) is 6.89. The summed E-state index contributed by atoms with van der Waals surface area (Å²) in [5, 5.41) is 12.8. The molecule has 0 aliphatic rings. The summed E-state index contributed by atoms with van der Waals surface area (Å²) in [5.41, 5.74) is 4.02. The molecule has 1 unspecified atom stereocenters. The van der Waals surface area contributed by atoms with Crippen LogP contribution < -0.4 is 5.32 Å². The fraction of sp³-hybridized carbons (Fsp3) is 0.625. The Morgan fingerprint density at radius 2 is 1.83 bits per heavy atom. The van der Waals surface area contributed by atoms with Gasteiger partial charge in [0.15, 0.2) is 0 Å². The molecule has 1 rings (SSSR count). The van der Waals surface area contributed by atoms with Gasteiger partial charge in [-0.3, -0.25) is 0 Å². The molecule has 0 aromatic heterocycles. The van der Waals surface area contributed by atoms with Gasteiger partial charge in [0.2, 0.25) is 0 Å². The number of hydrogen-bond acceptors (Lipinski definition) is 2. The number of rotatable bonds is 6. The molecule has 0 saturated carbocycles. The molecule has 102 valence electrons. The Morgan fingerprint density at radius 3 is 2.33 bits per heavy atom. The number of aliphatic hydroxyl groups excluding tert-OH is 1. The zero-order chi connectivity index (χ0) is 13.7. The Bertz CT molecular complexity index is 371. The minimum atomic E-state index is 0.173. The van der Waals surface area contributed by atoms with Crippen LogP contribution in [0.3, 0.4) is 0 Å². The monoisotopic (exact) mass is 249 g/mol. The molecule has 2 N–H and O–H groups in total. The van der Waals surface area contributed by atoms with E-state index in [1.165, 1.54) is 16.7 Å². The highest BCUT2D eigenvalue weighted by Crippen LogP contribution is 2.18. The maximum absolute atomic E-state index is 9.32. The van der Waals surface area contributed by atoms with Gasteiger partial charge in [-0.05, 0) is 35.4 Å². The molecule has 0 bridgehead atoms. The van der Waals surface area contributed by atoms with Crippen molar-refractivity contribution in [2.24, 2.45) is 5.92 Å². The molecule has 1 atom stereocenters. The minimum Gasteiger partial charge on any atom is -0.395 e. The maximum Gasteiger partial charge on any atom is 0.0587 e. The minimum absolute atomic E-state index is 0.173. The van der Waals surface area contributed by atoms with E-state index in [1.807, 2.05) is 0 Å². The van der Waals surface area contributed by atoms with E-state index in [0.29, 0.717) is 11.8 Å². The first-order chi connectivity index (χ1) is 8.45. The Balaban J connectivity index is 2.74. The van der Waals surface area contributed by atoms with Crippen molar-refractivity contribution in [2.75, 3.05) is 6.61 Å². The van der Waals surface area contributed by atoms with Gasteiger partial charge in [-0.25, -0.2) is 0 Å². The van der Waals surface area contributed by atoms with E-state index in [4.69, 9.17) is 0 Å². The molecule has 0 fully saturated rings. The summed E-state index contributed by atoms with van der Waals surface area (Å²) in [6.07, 6.45) is 0. The first kappa shape index (κ1) is 15.2. The van der Waals surface area contributed by atoms with E-state index in [1.54, 1.807) is 0 Å². The van der Waals surface area contributed by atoms with Crippen molar-refractivity contribution in [3.05, 3.63) is 34.9 Å². The third kappa shape index (κ3) is 4.11. The smallest absolute Gasteiger partial charge is 0.0587 e. The van der Waals surface area contributed by atoms with Gasteiger partial charge in [-0.15, -0.1) is 0 Å². The zero-order valence-corrected chi connectivity index (χ0v) is 12.3. The van der Waals surface area contributed by atoms with Gasteiger partial charge in [0, 0.05) is 12.6 Å². The van der Waals surface area contributed by atoms with Crippen molar-refractivity contribution >= 4 is 0 Å². The van der Waals surface area contributed by atoms with E-state index in [-0.39, 0.29) is 12.6 Å². The van der Waals surface area contributed by atoms with Crippen LogP contribution in [0.4, 0.5) is 0 Å². The zero-order valence-electron chi connectivity index (χ0n) is 12.3. The summed E-state index contributed by atoms with van der Waals surface area (Å²) in [5.74, 6) is 1.01. The SMILES string of the molecule is Cc1ccc(C(C)C)cc1CNC(CO)C(C)C. The molecule has 2 heteroatoms. The van der Waals surface area contributed by atoms with Gasteiger partial charge in [0.1, 0.15) is 0 Å². The van der Waals surface area contributed by atoms with Crippen LogP contribution in [0.25, 0.3) is 0 Å². The Labute approximate surface area is 111 Å². The van der Waals surface area contributed by atoms with Crippen LogP contribution in [0.5, 0.6) is 0 Å². The standard InChI is InChI=1S/C16H27NO/c1-11(2)14-7-6-13(5)15(8-14)9-17-16(10-18)12(3)4/h6-8,11-12,16-18H,9-10H2,1-5H3. The van der Waals surface area contributed by atoms with Crippen LogP contribution in [0.1, 0.15) is 50.3 Å². The lowest BCUT2D eigenvalue weighted by Gasteiger charge is -2.21. The average molecular weight is 249 g/mol. The summed E-state index contributed by atoms with van der Waals surface area (Å²) in [7, 11) is 0. The predicted octanol–water partition coefficient (Wildman–Crippen LogP) is 3.22. The fourth-order valence-corrected chi connectivity index (χ4v) is 1.99. The van der Waals surface area contributed by atoms with Crippen molar-refractivity contribution in [1.29, 1.82) is 0 Å². The molecule has 0 saturated heterocycles. The Hall–Kier alpha value is -0.860. The second kappa shape index (κ2) is 6.91. The van der Waals surface area contributed by atoms with Gasteiger partial charge >= 0.3 is 0 Å². The highest BCUT2D eigenvalue weighted by atomic mass is 16.3. The molecule has 1 aromatic carbocycles. The summed E-state index contributed by atoms with van der Waals surface area (Å²) in [4.78, 5) is 0. The molecule has 0 aliphatic carbocycles. The third-order valence-corrected chi connectivity index (χ3v) is 3.60. The largest absolute Gasteiger partial charge is 0.395 e. The van der Waals surface area contributed by atoms with Crippen molar-refractivity contribution in [3.63, 3.8) is 0 Å². The molecule has 0 aliphatic heterocycles. The number of aliphatic hydroxyl groups is 1. The molecule has 0 radical (unpaired) electrons. The van der Waals surface area contributed by atoms with Gasteiger partial charge in [0.05, 0.1) is 6.61 Å². The lowest BCUT2D eigenvalue weighted by atomic mass is 9.97. The Morgan fingerprint density at radius 1 is 1.17 bits per heavy atom. The molecule has 0 amide bonds. The number of nitrogens with one attached hydrogen (secondary N) is 1. The highest BCUT2D eigenvalue weighted by Gasteiger charge is 2.12. The molecule has 0 spiro atoms. The van der Waals surface area contributed by atoms with Crippen molar-refractivity contribution in [3.8, 4) is 0 Å². The van der Waals surface area contributed by atoms with E-state index >= 15 is 0 Å². The molecule has 1 aromatic rings. The maximum atomic E-state index is 9.32. The molecular weight excluding hydrogens is 222 g/mol. The molecule has 2 nitrogen and oxygen atoms in total. The van der Waals surface area contributed by atoms with Crippen LogP contribution in [0.15, 0.2) is 18.2 Å². The highest BCUT2D eigenvalue weighted by molar-refractivity contribution is 5.32. The second-order valence-corrected chi connectivity index (χ2v) is 5.75. The van der Waals surface area contributed by atoms with Gasteiger partial charge in [-0.1, -0.05) is 45.9 Å². The van der Waals surface area contributed by atoms with Crippen LogP contribution in [0, 0.1) is 12.8 Å². The molecular formula is C16H27NO. The van der Waals surface area contributed by atoms with Crippen LogP contribution in [-0.4, -0.2) is 17.8 Å². The lowest BCUT2D eigenvalue weighted by Crippen LogP contribution is -2.36. The number of hydrogen-bond donors (Lipinski definition) is 2. The van der Waals surface area contributed by atoms with Crippen LogP contribution in [0.2, 0.25) is 0 Å². The summed E-state index contributed by atoms with van der Waals surface area (Å²) in [6, 6.07) is 6.85. The van der Waals surface area contributed by atoms with E-state index < -0.39 is 0 Å². The second-order valence-electron chi connectivity index (χ2n) is 5.75. The lowest BCUT2D eigenvalue weighted by molar-refractivity contribution is 0.210. The van der Waals surface area contributed by atoms with Crippen LogP contribution in [-0.2, 0) is 6.54 Å². The molecule has 18 heavy (non-hydrogen) atoms. The third-order valence-electron chi connectivity index (χ3n) is 3.60. The number of aryl methyl sites for hydroxylation is 1. The fourth-order valence-electron chi connectivity index (χ4n) is 1.99. The van der Waals surface area contributed by atoms with Crippen molar-refractivity contribution in [1.82, 2.24) is 5.32 Å². The average Bonchev–Trinajstić information content (AvgIpc) is 2.31. The first-order valence-electron chi connectivity index (χ1n) is 6.89. The molecule has 0 heterocycles. The van der Waals surface area contributed by atoms with Crippen molar-refractivity contribution < 1.29 is 5.11 Å². The van der Waals surface area contributed by atoms with Crippen LogP contribution >= 0.6 is 0 Å². The van der Waals surface area contributed by atoms with E-state index in [9.17, 15) is 5.11 Å². The quantitative estimate of drug-likeness (QED) is 0.811. The van der Waals surface area contributed by atoms with Crippen molar-refractivity contribution in [2.45, 2.75) is 53.1 Å². The summed E-state index contributed by atoms with van der Waals surface area (Å²) >= 11 is 0. The normalized spacial score (nSPS) is 13.3.